The molecule has 0 aromatic carbocycles. The minimum atomic E-state index is -1.24. The number of aromatic nitrogens is 1. The highest BCUT2D eigenvalue weighted by molar-refractivity contribution is 6.32. The van der Waals surface area contributed by atoms with Gasteiger partial charge in [-0.1, -0.05) is 23.2 Å². The highest BCUT2D eigenvalue weighted by Gasteiger charge is 2.15. The van der Waals surface area contributed by atoms with E-state index in [1.807, 2.05) is 0 Å². The molecule has 1 heterocycles. The van der Waals surface area contributed by atoms with E-state index >= 15 is 0 Å². The number of hydrogen-bond acceptors (Lipinski definition) is 3. The summed E-state index contributed by atoms with van der Waals surface area (Å²) in [5.41, 5.74) is 0.0195. The summed E-state index contributed by atoms with van der Waals surface area (Å²) >= 11 is 10.9. The van der Waals surface area contributed by atoms with Crippen molar-refractivity contribution < 1.29 is 14.6 Å². The lowest BCUT2D eigenvalue weighted by Gasteiger charge is -2.09. The van der Waals surface area contributed by atoms with Crippen LogP contribution in [0.25, 0.3) is 0 Å². The molecule has 1 aromatic heterocycles. The van der Waals surface area contributed by atoms with Gasteiger partial charge in [0.2, 0.25) is 0 Å². The van der Waals surface area contributed by atoms with Gasteiger partial charge in [0.15, 0.2) is 11.0 Å². The molecule has 0 bridgehead atoms. The van der Waals surface area contributed by atoms with Crippen LogP contribution in [-0.4, -0.2) is 21.8 Å². The topological polar surface area (TPSA) is 53.4 Å². The molecule has 2 N–H and O–H groups in total. The van der Waals surface area contributed by atoms with Gasteiger partial charge < -0.3 is 10.2 Å². The minimum Gasteiger partial charge on any atom is -0.393 e. The molecule has 13 heavy (non-hydrogen) atoms. The lowest BCUT2D eigenvalue weighted by molar-refractivity contribution is 0.0951. The highest BCUT2D eigenvalue weighted by Crippen LogP contribution is 2.25. The monoisotopic (exact) mass is 225 g/mol. The van der Waals surface area contributed by atoms with Crippen LogP contribution in [-0.2, 0) is 0 Å². The number of aliphatic hydroxyl groups is 2. The predicted molar refractivity (Wildman–Crippen MR) is 46.3 cm³/mol. The Kier molecular flexibility index (Phi) is 3.44. The Bertz CT molecular complexity index is 322. The van der Waals surface area contributed by atoms with Gasteiger partial charge in [-0.3, -0.25) is 0 Å². The van der Waals surface area contributed by atoms with Crippen LogP contribution in [0.15, 0.2) is 6.07 Å². The molecule has 0 saturated carbocycles. The van der Waals surface area contributed by atoms with E-state index in [0.29, 0.717) is 0 Å². The Morgan fingerprint density at radius 2 is 2.08 bits per heavy atom. The molecule has 0 radical (unpaired) electrons. The Balaban J connectivity index is 3.15. The molecule has 1 unspecified atom stereocenters. The molecule has 0 amide bonds. The predicted octanol–water partition coefficient (Wildman–Crippen LogP) is 1.55. The van der Waals surface area contributed by atoms with Gasteiger partial charge in [-0.05, 0) is 6.07 Å². The number of hydrogen-bond donors (Lipinski definition) is 2. The zero-order valence-electron chi connectivity index (χ0n) is 6.34. The summed E-state index contributed by atoms with van der Waals surface area (Å²) in [6.45, 7) is -0.553. The van der Waals surface area contributed by atoms with Crippen LogP contribution in [0.2, 0.25) is 10.3 Å². The summed E-state index contributed by atoms with van der Waals surface area (Å²) in [7, 11) is 0. The Hall–Kier alpha value is -0.420. The van der Waals surface area contributed by atoms with E-state index in [1.54, 1.807) is 0 Å². The number of pyridine rings is 1. The van der Waals surface area contributed by atoms with Crippen LogP contribution in [0, 0.1) is 5.82 Å². The van der Waals surface area contributed by atoms with E-state index < -0.39 is 18.5 Å². The third kappa shape index (κ3) is 2.28. The average Bonchev–Trinajstić information content (AvgIpc) is 2.10. The molecule has 1 rings (SSSR count). The van der Waals surface area contributed by atoms with Crippen molar-refractivity contribution in [1.29, 1.82) is 0 Å². The van der Waals surface area contributed by atoms with Crippen LogP contribution < -0.4 is 0 Å². The largest absolute Gasteiger partial charge is 0.393 e. The van der Waals surface area contributed by atoms with E-state index in [2.05, 4.69) is 4.98 Å². The fraction of sp³-hybridized carbons (Fsp3) is 0.286. The molecule has 1 aromatic rings. The van der Waals surface area contributed by atoms with Gasteiger partial charge in [0, 0.05) is 5.56 Å². The summed E-state index contributed by atoms with van der Waals surface area (Å²) in [5.74, 6) is -0.784. The first-order chi connectivity index (χ1) is 6.06. The van der Waals surface area contributed by atoms with Crippen LogP contribution in [0.3, 0.4) is 0 Å². The molecule has 3 nitrogen and oxygen atoms in total. The van der Waals surface area contributed by atoms with Crippen molar-refractivity contribution in [3.63, 3.8) is 0 Å². The third-order valence-electron chi connectivity index (χ3n) is 1.45. The van der Waals surface area contributed by atoms with Crippen molar-refractivity contribution >= 4 is 23.2 Å². The standard InChI is InChI=1S/C7H6Cl2FNO2/c8-6-3(5(13)2-12)1-4(10)7(9)11-6/h1,5,12-13H,2H2. The first-order valence-corrected chi connectivity index (χ1v) is 4.12. The zero-order chi connectivity index (χ0) is 10.0. The lowest BCUT2D eigenvalue weighted by Crippen LogP contribution is -2.05. The molecule has 0 spiro atoms. The fourth-order valence-electron chi connectivity index (χ4n) is 0.792. The summed E-state index contributed by atoms with van der Waals surface area (Å²) in [6.07, 6.45) is -1.24. The highest BCUT2D eigenvalue weighted by atomic mass is 35.5. The Morgan fingerprint density at radius 3 is 2.62 bits per heavy atom. The first-order valence-electron chi connectivity index (χ1n) is 3.36. The SMILES string of the molecule is OCC(O)c1cc(F)c(Cl)nc1Cl. The molecule has 1 atom stereocenters. The Morgan fingerprint density at radius 1 is 1.46 bits per heavy atom. The van der Waals surface area contributed by atoms with Gasteiger partial charge >= 0.3 is 0 Å². The first kappa shape index (κ1) is 10.7. The molecule has 6 heteroatoms. The number of aliphatic hydroxyl groups excluding tert-OH is 2. The van der Waals surface area contributed by atoms with E-state index in [-0.39, 0.29) is 15.9 Å². The van der Waals surface area contributed by atoms with Crippen LogP contribution >= 0.6 is 23.2 Å². The van der Waals surface area contributed by atoms with E-state index in [0.717, 1.165) is 6.07 Å². The molecule has 72 valence electrons. The maximum atomic E-state index is 12.8. The second kappa shape index (κ2) is 4.19. The fourth-order valence-corrected chi connectivity index (χ4v) is 1.24. The van der Waals surface area contributed by atoms with Gasteiger partial charge in [0.05, 0.1) is 6.61 Å². The van der Waals surface area contributed by atoms with Gasteiger partial charge in [0.1, 0.15) is 11.3 Å². The number of nitrogens with zero attached hydrogens (tertiary/aromatic N) is 1. The average molecular weight is 226 g/mol. The molecule has 0 fully saturated rings. The van der Waals surface area contributed by atoms with Gasteiger partial charge in [-0.15, -0.1) is 0 Å². The summed E-state index contributed by atoms with van der Waals surface area (Å²) in [5, 5.41) is 17.2. The summed E-state index contributed by atoms with van der Waals surface area (Å²) in [6, 6.07) is 0.943. The van der Waals surface area contributed by atoms with Crippen molar-refractivity contribution in [3.8, 4) is 0 Å². The van der Waals surface area contributed by atoms with Crippen LogP contribution in [0.1, 0.15) is 11.7 Å². The van der Waals surface area contributed by atoms with E-state index in [9.17, 15) is 4.39 Å². The molecular formula is C7H6Cl2FNO2. The zero-order valence-corrected chi connectivity index (χ0v) is 7.85. The van der Waals surface area contributed by atoms with Crippen molar-refractivity contribution in [2.45, 2.75) is 6.10 Å². The Labute approximate surface area is 83.7 Å². The summed E-state index contributed by atoms with van der Waals surface area (Å²) < 4.78 is 12.8. The van der Waals surface area contributed by atoms with Crippen LogP contribution in [0.5, 0.6) is 0 Å². The number of rotatable bonds is 2. The smallest absolute Gasteiger partial charge is 0.166 e. The third-order valence-corrected chi connectivity index (χ3v) is 2.01. The summed E-state index contributed by atoms with van der Waals surface area (Å²) in [4.78, 5) is 3.43. The molecule has 0 aliphatic rings. The lowest BCUT2D eigenvalue weighted by atomic mass is 10.2. The van der Waals surface area contributed by atoms with Crippen molar-refractivity contribution in [2.24, 2.45) is 0 Å². The molecule has 0 aliphatic heterocycles. The van der Waals surface area contributed by atoms with E-state index in [4.69, 9.17) is 33.4 Å². The van der Waals surface area contributed by atoms with Gasteiger partial charge in [-0.25, -0.2) is 9.37 Å². The van der Waals surface area contributed by atoms with E-state index in [1.165, 1.54) is 0 Å². The van der Waals surface area contributed by atoms with Gasteiger partial charge in [0.25, 0.3) is 0 Å². The van der Waals surface area contributed by atoms with Crippen molar-refractivity contribution in [3.05, 3.63) is 27.8 Å². The van der Waals surface area contributed by atoms with Crippen molar-refractivity contribution in [1.82, 2.24) is 4.98 Å². The molecular weight excluding hydrogens is 220 g/mol. The maximum absolute atomic E-state index is 12.8. The van der Waals surface area contributed by atoms with Gasteiger partial charge in [-0.2, -0.15) is 0 Å². The number of halogens is 3. The maximum Gasteiger partial charge on any atom is 0.166 e. The van der Waals surface area contributed by atoms with Crippen molar-refractivity contribution in [2.75, 3.05) is 6.61 Å². The molecule has 0 saturated heterocycles. The normalized spacial score (nSPS) is 13.0. The molecule has 0 aliphatic carbocycles. The minimum absolute atomic E-state index is 0.0195. The second-order valence-electron chi connectivity index (χ2n) is 2.34. The van der Waals surface area contributed by atoms with Crippen LogP contribution in [0.4, 0.5) is 4.39 Å². The quantitative estimate of drug-likeness (QED) is 0.752. The second-order valence-corrected chi connectivity index (χ2v) is 3.06.